The molecule has 1 amide bonds. The van der Waals surface area contributed by atoms with Gasteiger partial charge in [0.25, 0.3) is 10.0 Å². The fraction of sp³-hybridized carbons (Fsp3) is 0.111. The number of imidazole rings is 1. The van der Waals surface area contributed by atoms with Gasteiger partial charge in [0.1, 0.15) is 18.1 Å². The average Bonchev–Trinajstić information content (AvgIpc) is 3.02. The van der Waals surface area contributed by atoms with Gasteiger partial charge in [0.15, 0.2) is 0 Å². The Morgan fingerprint density at radius 1 is 1.14 bits per heavy atom. The van der Waals surface area contributed by atoms with E-state index in [1.165, 1.54) is 55.8 Å². The van der Waals surface area contributed by atoms with E-state index in [9.17, 15) is 22.4 Å². The number of hydrogen-bond acceptors (Lipinski definition) is 5. The lowest BCUT2D eigenvalue weighted by Crippen LogP contribution is -2.32. The van der Waals surface area contributed by atoms with E-state index in [1.807, 2.05) is 0 Å². The Labute approximate surface area is 159 Å². The number of aromatic nitrogens is 2. The zero-order valence-electron chi connectivity index (χ0n) is 14.7. The Kier molecular flexibility index (Phi) is 5.32. The summed E-state index contributed by atoms with van der Waals surface area (Å²) in [5, 5.41) is 2.44. The van der Waals surface area contributed by atoms with Crippen molar-refractivity contribution in [2.75, 3.05) is 12.4 Å². The molecule has 0 unspecified atom stereocenters. The van der Waals surface area contributed by atoms with Gasteiger partial charge in [-0.25, -0.2) is 17.6 Å². The molecule has 0 fully saturated rings. The molecule has 146 valence electrons. The number of halogens is 1. The summed E-state index contributed by atoms with van der Waals surface area (Å²) in [7, 11) is -2.68. The van der Waals surface area contributed by atoms with E-state index in [-0.39, 0.29) is 10.6 Å². The third-order valence-electron chi connectivity index (χ3n) is 3.85. The average molecular weight is 405 g/mol. The van der Waals surface area contributed by atoms with E-state index in [4.69, 9.17) is 4.74 Å². The van der Waals surface area contributed by atoms with E-state index in [0.29, 0.717) is 9.72 Å². The normalized spacial score (nSPS) is 11.2. The number of nitrogens with one attached hydrogen (secondary N) is 1. The van der Waals surface area contributed by atoms with Crippen LogP contribution in [0.3, 0.4) is 0 Å². The summed E-state index contributed by atoms with van der Waals surface area (Å²) in [5.41, 5.74) is -0.673. The Balaban J connectivity index is 1.81. The lowest BCUT2D eigenvalue weighted by atomic mass is 10.3. The number of carbonyl (C=O) groups excluding carboxylic acids is 1. The molecule has 0 spiro atoms. The number of rotatable bonds is 6. The van der Waals surface area contributed by atoms with Gasteiger partial charge in [-0.3, -0.25) is 9.36 Å². The van der Waals surface area contributed by atoms with Crippen molar-refractivity contribution in [1.29, 1.82) is 0 Å². The van der Waals surface area contributed by atoms with Crippen LogP contribution < -0.4 is 15.7 Å². The highest BCUT2D eigenvalue weighted by Crippen LogP contribution is 2.17. The van der Waals surface area contributed by atoms with Crippen LogP contribution in [0.1, 0.15) is 0 Å². The Hall–Kier alpha value is -3.40. The molecule has 0 aliphatic carbocycles. The minimum Gasteiger partial charge on any atom is -0.497 e. The molecule has 1 N–H and O–H groups in total. The SMILES string of the molecule is COc1ccc(S(=O)(=O)n2ccn(CC(=O)Nc3cccc(F)c3)c2=O)cc1. The summed E-state index contributed by atoms with van der Waals surface area (Å²) in [4.78, 5) is 24.4. The molecule has 0 saturated carbocycles. The van der Waals surface area contributed by atoms with Crippen LogP contribution in [0.2, 0.25) is 0 Å². The maximum Gasteiger partial charge on any atom is 0.342 e. The van der Waals surface area contributed by atoms with E-state index in [1.54, 1.807) is 0 Å². The van der Waals surface area contributed by atoms with E-state index in [2.05, 4.69) is 5.32 Å². The zero-order chi connectivity index (χ0) is 20.3. The van der Waals surface area contributed by atoms with Crippen molar-refractivity contribution in [1.82, 2.24) is 8.54 Å². The molecule has 2 aromatic carbocycles. The predicted octanol–water partition coefficient (Wildman–Crippen LogP) is 1.67. The molecule has 0 bridgehead atoms. The summed E-state index contributed by atoms with van der Waals surface area (Å²) >= 11 is 0. The third kappa shape index (κ3) is 3.96. The Morgan fingerprint density at radius 3 is 2.50 bits per heavy atom. The maximum absolute atomic E-state index is 13.2. The van der Waals surface area contributed by atoms with Gasteiger partial charge in [0, 0.05) is 18.1 Å². The number of ether oxygens (including phenoxy) is 1. The topological polar surface area (TPSA) is 99.4 Å². The number of benzene rings is 2. The second-order valence-corrected chi connectivity index (χ2v) is 7.56. The van der Waals surface area contributed by atoms with Crippen molar-refractivity contribution in [3.05, 3.63) is 77.2 Å². The second-order valence-electron chi connectivity index (χ2n) is 5.74. The summed E-state index contributed by atoms with van der Waals surface area (Å²) < 4.78 is 44.9. The molecular weight excluding hydrogens is 389 g/mol. The summed E-state index contributed by atoms with van der Waals surface area (Å²) in [6, 6.07) is 10.8. The van der Waals surface area contributed by atoms with Crippen molar-refractivity contribution >= 4 is 21.6 Å². The molecule has 1 heterocycles. The van der Waals surface area contributed by atoms with Gasteiger partial charge in [-0.1, -0.05) is 6.07 Å². The van der Waals surface area contributed by atoms with Gasteiger partial charge < -0.3 is 10.1 Å². The first-order chi connectivity index (χ1) is 13.3. The molecule has 0 atom stereocenters. The largest absolute Gasteiger partial charge is 0.497 e. The molecule has 0 aliphatic heterocycles. The van der Waals surface area contributed by atoms with Crippen molar-refractivity contribution in [3.8, 4) is 5.75 Å². The first-order valence-corrected chi connectivity index (χ1v) is 9.48. The van der Waals surface area contributed by atoms with Crippen molar-refractivity contribution < 1.29 is 22.3 Å². The number of nitrogens with zero attached hydrogens (tertiary/aromatic N) is 2. The summed E-state index contributed by atoms with van der Waals surface area (Å²) in [6.45, 7) is -0.430. The first-order valence-electron chi connectivity index (χ1n) is 8.04. The van der Waals surface area contributed by atoms with E-state index >= 15 is 0 Å². The molecule has 10 heteroatoms. The van der Waals surface area contributed by atoms with Crippen LogP contribution >= 0.6 is 0 Å². The highest BCUT2D eigenvalue weighted by molar-refractivity contribution is 7.90. The highest BCUT2D eigenvalue weighted by atomic mass is 32.2. The summed E-state index contributed by atoms with van der Waals surface area (Å²) in [5.74, 6) is -0.656. The zero-order valence-corrected chi connectivity index (χ0v) is 15.5. The van der Waals surface area contributed by atoms with Gasteiger partial charge in [-0.05, 0) is 42.5 Å². The van der Waals surface area contributed by atoms with Crippen LogP contribution in [-0.2, 0) is 21.4 Å². The quantitative estimate of drug-likeness (QED) is 0.673. The fourth-order valence-corrected chi connectivity index (χ4v) is 3.71. The number of hydrogen-bond donors (Lipinski definition) is 1. The van der Waals surface area contributed by atoms with Gasteiger partial charge in [0.05, 0.1) is 12.0 Å². The molecule has 3 aromatic rings. The molecule has 0 saturated heterocycles. The standard InChI is InChI=1S/C18H16FN3O5S/c1-27-15-5-7-16(8-6-15)28(25,26)22-10-9-21(18(22)24)12-17(23)20-14-4-2-3-13(19)11-14/h2-11H,12H2,1H3,(H,20,23). The molecule has 8 nitrogen and oxygen atoms in total. The van der Waals surface area contributed by atoms with Crippen LogP contribution in [0.15, 0.2) is 70.6 Å². The molecular formula is C18H16FN3O5S. The first kappa shape index (κ1) is 19.4. The summed E-state index contributed by atoms with van der Waals surface area (Å²) in [6.07, 6.45) is 2.26. The lowest BCUT2D eigenvalue weighted by molar-refractivity contribution is -0.116. The molecule has 28 heavy (non-hydrogen) atoms. The van der Waals surface area contributed by atoms with Crippen molar-refractivity contribution in [2.45, 2.75) is 11.4 Å². The Morgan fingerprint density at radius 2 is 1.86 bits per heavy atom. The van der Waals surface area contributed by atoms with Gasteiger partial charge in [-0.2, -0.15) is 3.97 Å². The predicted molar refractivity (Wildman–Crippen MR) is 99.3 cm³/mol. The van der Waals surface area contributed by atoms with Gasteiger partial charge >= 0.3 is 5.69 Å². The monoisotopic (exact) mass is 405 g/mol. The number of anilines is 1. The van der Waals surface area contributed by atoms with Gasteiger partial charge in [-0.15, -0.1) is 0 Å². The van der Waals surface area contributed by atoms with Crippen molar-refractivity contribution in [3.63, 3.8) is 0 Å². The number of amides is 1. The fourth-order valence-electron chi connectivity index (χ4n) is 2.48. The molecule has 1 aromatic heterocycles. The minimum absolute atomic E-state index is 0.0997. The Bertz CT molecular complexity index is 1170. The van der Waals surface area contributed by atoms with E-state index < -0.39 is 34.0 Å². The number of methoxy groups -OCH3 is 1. The number of carbonyl (C=O) groups is 1. The van der Waals surface area contributed by atoms with Crippen LogP contribution in [-0.4, -0.2) is 30.0 Å². The van der Waals surface area contributed by atoms with Crippen LogP contribution in [0, 0.1) is 5.82 Å². The van der Waals surface area contributed by atoms with Crippen LogP contribution in [0.5, 0.6) is 5.75 Å². The van der Waals surface area contributed by atoms with Crippen LogP contribution in [0.4, 0.5) is 10.1 Å². The molecule has 3 rings (SSSR count). The molecule has 0 radical (unpaired) electrons. The van der Waals surface area contributed by atoms with Crippen LogP contribution in [0.25, 0.3) is 0 Å². The third-order valence-corrected chi connectivity index (χ3v) is 5.52. The minimum atomic E-state index is -4.13. The molecule has 0 aliphatic rings. The highest BCUT2D eigenvalue weighted by Gasteiger charge is 2.21. The van der Waals surface area contributed by atoms with Crippen molar-refractivity contribution in [2.24, 2.45) is 0 Å². The lowest BCUT2D eigenvalue weighted by Gasteiger charge is -2.07. The smallest absolute Gasteiger partial charge is 0.342 e. The second kappa shape index (κ2) is 7.69. The van der Waals surface area contributed by atoms with Gasteiger partial charge in [0.2, 0.25) is 5.91 Å². The maximum atomic E-state index is 13.2. The van der Waals surface area contributed by atoms with E-state index in [0.717, 1.165) is 16.8 Å².